The van der Waals surface area contributed by atoms with Gasteiger partial charge >= 0.3 is 0 Å². The maximum absolute atomic E-state index is 2.44. The number of fused-ring (bicyclic) bond motifs is 2. The van der Waals surface area contributed by atoms with Crippen molar-refractivity contribution >= 4 is 0 Å². The summed E-state index contributed by atoms with van der Waals surface area (Å²) in [6, 6.07) is 0. The van der Waals surface area contributed by atoms with Gasteiger partial charge in [0.05, 0.1) is 0 Å². The number of rotatable bonds is 1. The first-order valence-electron chi connectivity index (χ1n) is 5.98. The van der Waals surface area contributed by atoms with Gasteiger partial charge in [-0.2, -0.15) is 0 Å². The average molecular weight is 180 g/mol. The predicted molar refractivity (Wildman–Crippen MR) is 57.6 cm³/mol. The molecule has 0 N–H and O–H groups in total. The van der Waals surface area contributed by atoms with Crippen LogP contribution in [0.4, 0.5) is 0 Å². The Balaban J connectivity index is 2.23. The van der Waals surface area contributed by atoms with Crippen LogP contribution in [-0.4, -0.2) is 0 Å². The smallest absolute Gasteiger partial charge is 0.0264 e. The molecule has 0 heterocycles. The summed E-state index contributed by atoms with van der Waals surface area (Å²) >= 11 is 0. The highest BCUT2D eigenvalue weighted by Gasteiger charge is 2.53. The Bertz CT molecular complexity index is 199. The summed E-state index contributed by atoms with van der Waals surface area (Å²) in [6.45, 7) is 9.73. The molecule has 0 heteroatoms. The van der Waals surface area contributed by atoms with Crippen LogP contribution in [0.25, 0.3) is 0 Å². The molecule has 2 rings (SSSR count). The first-order valence-corrected chi connectivity index (χ1v) is 5.98. The Labute approximate surface area is 83.1 Å². The molecule has 0 amide bonds. The zero-order chi connectivity index (χ0) is 9.69. The Morgan fingerprint density at radius 3 is 2.38 bits per heavy atom. The van der Waals surface area contributed by atoms with E-state index in [1.54, 1.807) is 6.42 Å². The van der Waals surface area contributed by atoms with Crippen molar-refractivity contribution < 1.29 is 0 Å². The molecule has 0 spiro atoms. The fourth-order valence-corrected chi connectivity index (χ4v) is 4.21. The van der Waals surface area contributed by atoms with E-state index in [-0.39, 0.29) is 0 Å². The van der Waals surface area contributed by atoms with Crippen molar-refractivity contribution in [1.29, 1.82) is 0 Å². The number of hydrogen-bond donors (Lipinski definition) is 0. The van der Waals surface area contributed by atoms with Gasteiger partial charge in [0.1, 0.15) is 0 Å². The molecule has 0 aromatic carbocycles. The van der Waals surface area contributed by atoms with Crippen LogP contribution in [0, 0.1) is 22.7 Å². The van der Waals surface area contributed by atoms with E-state index < -0.39 is 0 Å². The zero-order valence-corrected chi connectivity index (χ0v) is 9.69. The summed E-state index contributed by atoms with van der Waals surface area (Å²) in [4.78, 5) is 0. The van der Waals surface area contributed by atoms with E-state index >= 15 is 0 Å². The molecular weight excluding hydrogens is 156 g/mol. The number of hydrogen-bond acceptors (Lipinski definition) is 0. The minimum atomic E-state index is 0.547. The molecule has 0 saturated heterocycles. The molecule has 2 aliphatic carbocycles. The molecule has 2 fully saturated rings. The van der Waals surface area contributed by atoms with E-state index in [0.29, 0.717) is 5.41 Å². The first-order chi connectivity index (χ1) is 5.98. The highest BCUT2D eigenvalue weighted by Crippen LogP contribution is 2.63. The van der Waals surface area contributed by atoms with Crippen LogP contribution in [-0.2, 0) is 0 Å². The summed E-state index contributed by atoms with van der Waals surface area (Å²) in [5, 5.41) is 0. The van der Waals surface area contributed by atoms with Gasteiger partial charge in [-0.1, -0.05) is 34.1 Å². The van der Waals surface area contributed by atoms with Crippen LogP contribution in [0.3, 0.4) is 0 Å². The third kappa shape index (κ3) is 1.33. The van der Waals surface area contributed by atoms with Crippen molar-refractivity contribution in [1.82, 2.24) is 0 Å². The van der Waals surface area contributed by atoms with Crippen molar-refractivity contribution in [3.63, 3.8) is 0 Å². The van der Waals surface area contributed by atoms with E-state index in [4.69, 9.17) is 0 Å². The SMILES string of the molecule is CCC12CCC(CC1C(C)(C)C)C2. The third-order valence-corrected chi connectivity index (χ3v) is 4.80. The van der Waals surface area contributed by atoms with Crippen LogP contribution < -0.4 is 0 Å². The van der Waals surface area contributed by atoms with E-state index in [0.717, 1.165) is 17.3 Å². The van der Waals surface area contributed by atoms with E-state index in [1.807, 2.05) is 0 Å². The standard InChI is InChI=1S/C13H24/c1-5-13-7-6-10(9-13)8-11(13)12(2,3)4/h10-11H,5-9H2,1-4H3. The summed E-state index contributed by atoms with van der Waals surface area (Å²) in [5.74, 6) is 2.09. The topological polar surface area (TPSA) is 0 Å². The van der Waals surface area contributed by atoms with Gasteiger partial charge in [0, 0.05) is 0 Å². The Hall–Kier alpha value is 0. The highest BCUT2D eigenvalue weighted by atomic mass is 14.6. The van der Waals surface area contributed by atoms with Gasteiger partial charge in [-0.15, -0.1) is 0 Å². The van der Waals surface area contributed by atoms with Crippen molar-refractivity contribution in [2.24, 2.45) is 22.7 Å². The van der Waals surface area contributed by atoms with Crippen molar-refractivity contribution in [3.8, 4) is 0 Å². The molecule has 0 aliphatic heterocycles. The second kappa shape index (κ2) is 2.74. The lowest BCUT2D eigenvalue weighted by molar-refractivity contribution is 0.0692. The molecule has 76 valence electrons. The lowest BCUT2D eigenvalue weighted by atomic mass is 9.62. The second-order valence-electron chi connectivity index (χ2n) is 6.48. The summed E-state index contributed by atoms with van der Waals surface area (Å²) in [6.07, 6.45) is 7.55. The van der Waals surface area contributed by atoms with Crippen molar-refractivity contribution in [2.45, 2.75) is 59.8 Å². The van der Waals surface area contributed by atoms with Crippen molar-refractivity contribution in [3.05, 3.63) is 0 Å². The van der Waals surface area contributed by atoms with Gasteiger partial charge in [-0.3, -0.25) is 0 Å². The fraction of sp³-hybridized carbons (Fsp3) is 1.00. The quantitative estimate of drug-likeness (QED) is 0.566. The van der Waals surface area contributed by atoms with Gasteiger partial charge in [0.25, 0.3) is 0 Å². The minimum Gasteiger partial charge on any atom is -0.0648 e. The van der Waals surface area contributed by atoms with Gasteiger partial charge in [0.15, 0.2) is 0 Å². The van der Waals surface area contributed by atoms with E-state index in [1.165, 1.54) is 25.7 Å². The van der Waals surface area contributed by atoms with Gasteiger partial charge < -0.3 is 0 Å². The average Bonchev–Trinajstić information content (AvgIpc) is 2.59. The maximum Gasteiger partial charge on any atom is -0.0264 e. The largest absolute Gasteiger partial charge is 0.0648 e. The van der Waals surface area contributed by atoms with Crippen LogP contribution >= 0.6 is 0 Å². The van der Waals surface area contributed by atoms with Gasteiger partial charge in [-0.25, -0.2) is 0 Å². The first kappa shape index (κ1) is 9.55. The Morgan fingerprint density at radius 1 is 1.31 bits per heavy atom. The molecule has 2 saturated carbocycles. The van der Waals surface area contributed by atoms with Crippen LogP contribution in [0.2, 0.25) is 0 Å². The molecule has 2 aliphatic rings. The Kier molecular flexibility index (Phi) is 2.02. The normalized spacial score (nSPS) is 44.3. The lowest BCUT2D eigenvalue weighted by Gasteiger charge is -2.43. The molecule has 0 aromatic rings. The summed E-state index contributed by atoms with van der Waals surface area (Å²) < 4.78 is 0. The van der Waals surface area contributed by atoms with E-state index in [9.17, 15) is 0 Å². The highest BCUT2D eigenvalue weighted by molar-refractivity contribution is 5.03. The molecule has 0 nitrogen and oxygen atoms in total. The molecular formula is C13H24. The zero-order valence-electron chi connectivity index (χ0n) is 9.69. The van der Waals surface area contributed by atoms with Crippen LogP contribution in [0.5, 0.6) is 0 Å². The second-order valence-corrected chi connectivity index (χ2v) is 6.48. The molecule has 13 heavy (non-hydrogen) atoms. The molecule has 0 radical (unpaired) electrons. The summed E-state index contributed by atoms with van der Waals surface area (Å²) in [7, 11) is 0. The van der Waals surface area contributed by atoms with Crippen LogP contribution in [0.1, 0.15) is 59.8 Å². The van der Waals surface area contributed by atoms with E-state index in [2.05, 4.69) is 27.7 Å². The lowest BCUT2D eigenvalue weighted by Crippen LogP contribution is -2.34. The summed E-state index contributed by atoms with van der Waals surface area (Å²) in [5.41, 5.74) is 1.30. The monoisotopic (exact) mass is 180 g/mol. The molecule has 3 atom stereocenters. The van der Waals surface area contributed by atoms with Crippen LogP contribution in [0.15, 0.2) is 0 Å². The molecule has 0 aromatic heterocycles. The fourth-order valence-electron chi connectivity index (χ4n) is 4.21. The third-order valence-electron chi connectivity index (χ3n) is 4.80. The minimum absolute atomic E-state index is 0.547. The molecule has 3 unspecified atom stereocenters. The Morgan fingerprint density at radius 2 is 2.00 bits per heavy atom. The van der Waals surface area contributed by atoms with Crippen molar-refractivity contribution in [2.75, 3.05) is 0 Å². The molecule has 2 bridgehead atoms. The van der Waals surface area contributed by atoms with Gasteiger partial charge in [-0.05, 0) is 48.3 Å². The predicted octanol–water partition coefficient (Wildman–Crippen LogP) is 4.25. The maximum atomic E-state index is 2.44. The van der Waals surface area contributed by atoms with Gasteiger partial charge in [0.2, 0.25) is 0 Å².